The Morgan fingerprint density at radius 1 is 1.29 bits per heavy atom. The molecule has 1 aromatic heterocycles. The minimum Gasteiger partial charge on any atom is -0.446 e. The third-order valence-corrected chi connectivity index (χ3v) is 4.54. The number of aliphatic hydroxyl groups is 1. The van der Waals surface area contributed by atoms with Crippen molar-refractivity contribution in [2.45, 2.75) is 18.4 Å². The second-order valence-corrected chi connectivity index (χ2v) is 6.66. The first-order valence-electron chi connectivity index (χ1n) is 8.15. The summed E-state index contributed by atoms with van der Waals surface area (Å²) in [6.07, 6.45) is 2.12. The summed E-state index contributed by atoms with van der Waals surface area (Å²) in [6, 6.07) is 2.74. The number of carbonyl (C=O) groups is 2. The number of amides is 2. The Kier molecular flexibility index (Phi) is 4.88. The van der Waals surface area contributed by atoms with Gasteiger partial charge < -0.3 is 25.3 Å². The van der Waals surface area contributed by atoms with E-state index in [-0.39, 0.29) is 18.1 Å². The zero-order valence-corrected chi connectivity index (χ0v) is 13.5. The van der Waals surface area contributed by atoms with E-state index in [1.807, 2.05) is 0 Å². The monoisotopic (exact) mass is 337 g/mol. The van der Waals surface area contributed by atoms with E-state index in [0.717, 1.165) is 32.6 Å². The van der Waals surface area contributed by atoms with Gasteiger partial charge in [0.05, 0.1) is 0 Å². The zero-order chi connectivity index (χ0) is 17.2. The van der Waals surface area contributed by atoms with Crippen molar-refractivity contribution >= 4 is 11.8 Å². The Morgan fingerprint density at radius 2 is 1.96 bits per heavy atom. The molecule has 0 unspecified atom stereocenters. The van der Waals surface area contributed by atoms with E-state index < -0.39 is 17.4 Å². The van der Waals surface area contributed by atoms with Gasteiger partial charge in [-0.05, 0) is 30.9 Å². The van der Waals surface area contributed by atoms with Crippen LogP contribution in [0.3, 0.4) is 0 Å². The van der Waals surface area contributed by atoms with Crippen LogP contribution in [-0.2, 0) is 4.74 Å². The fraction of sp³-hybridized carbons (Fsp3) is 0.625. The van der Waals surface area contributed by atoms with Crippen molar-refractivity contribution in [3.63, 3.8) is 0 Å². The topological polar surface area (TPSA) is 118 Å². The van der Waals surface area contributed by atoms with Crippen LogP contribution in [0.4, 0.5) is 0 Å². The van der Waals surface area contributed by atoms with E-state index in [9.17, 15) is 14.7 Å². The fourth-order valence-electron chi connectivity index (χ4n) is 3.25. The average Bonchev–Trinajstić information content (AvgIpc) is 3.02. The molecule has 0 bridgehead atoms. The lowest BCUT2D eigenvalue weighted by Crippen LogP contribution is -2.66. The molecule has 2 fully saturated rings. The van der Waals surface area contributed by atoms with Gasteiger partial charge in [0.1, 0.15) is 5.60 Å². The predicted octanol–water partition coefficient (Wildman–Crippen LogP) is -0.418. The van der Waals surface area contributed by atoms with Gasteiger partial charge in [-0.3, -0.25) is 14.5 Å². The number of furan rings is 1. The van der Waals surface area contributed by atoms with Crippen molar-refractivity contribution in [1.82, 2.24) is 10.2 Å². The molecule has 2 amide bonds. The number of hydrogen-bond acceptors (Lipinski definition) is 6. The molecule has 2 aliphatic heterocycles. The molecular weight excluding hydrogens is 314 g/mol. The number of β-amino-alcohol motifs (C(OH)–C–C–N with tert-alkyl or cyclic N) is 1. The summed E-state index contributed by atoms with van der Waals surface area (Å²) >= 11 is 0. The summed E-state index contributed by atoms with van der Waals surface area (Å²) in [7, 11) is 0. The number of hydrogen-bond donors (Lipinski definition) is 3. The maximum absolute atomic E-state index is 12.0. The standard InChI is InChI=1S/C16H23N3O5/c17-14(20)12-1-2-13(24-12)15(21)18-8-16(22)9-19(10-16)7-11-3-5-23-6-4-11/h1-2,11,22H,3-10H2,(H2,17,20)(H,18,21). The summed E-state index contributed by atoms with van der Waals surface area (Å²) in [6.45, 7) is 3.80. The summed E-state index contributed by atoms with van der Waals surface area (Å²) in [5.41, 5.74) is 4.16. The second-order valence-electron chi connectivity index (χ2n) is 6.66. The molecule has 0 saturated carbocycles. The van der Waals surface area contributed by atoms with Gasteiger partial charge in [0.15, 0.2) is 11.5 Å². The molecule has 0 spiro atoms. The highest BCUT2D eigenvalue weighted by molar-refractivity contribution is 5.95. The summed E-state index contributed by atoms with van der Waals surface area (Å²) < 4.78 is 10.4. The molecule has 0 atom stereocenters. The fourth-order valence-corrected chi connectivity index (χ4v) is 3.25. The second kappa shape index (κ2) is 6.92. The molecule has 8 nitrogen and oxygen atoms in total. The van der Waals surface area contributed by atoms with E-state index in [1.165, 1.54) is 12.1 Å². The molecule has 132 valence electrons. The smallest absolute Gasteiger partial charge is 0.287 e. The Labute approximate surface area is 139 Å². The van der Waals surface area contributed by atoms with Crippen LogP contribution < -0.4 is 11.1 Å². The van der Waals surface area contributed by atoms with Crippen molar-refractivity contribution in [2.75, 3.05) is 39.4 Å². The molecule has 0 aromatic carbocycles. The van der Waals surface area contributed by atoms with Gasteiger partial charge in [-0.1, -0.05) is 0 Å². The molecule has 8 heteroatoms. The lowest BCUT2D eigenvalue weighted by molar-refractivity contribution is -0.103. The number of nitrogens with two attached hydrogens (primary N) is 1. The van der Waals surface area contributed by atoms with E-state index in [4.69, 9.17) is 14.9 Å². The van der Waals surface area contributed by atoms with Crippen LogP contribution in [0, 0.1) is 5.92 Å². The van der Waals surface area contributed by atoms with Gasteiger partial charge in [0, 0.05) is 39.4 Å². The molecular formula is C16H23N3O5. The first kappa shape index (κ1) is 16.9. The number of carbonyl (C=O) groups excluding carboxylic acids is 2. The molecule has 2 saturated heterocycles. The maximum Gasteiger partial charge on any atom is 0.287 e. The molecule has 3 rings (SSSR count). The predicted molar refractivity (Wildman–Crippen MR) is 84.5 cm³/mol. The summed E-state index contributed by atoms with van der Waals surface area (Å²) in [4.78, 5) is 25.1. The van der Waals surface area contributed by atoms with Crippen LogP contribution in [0.25, 0.3) is 0 Å². The van der Waals surface area contributed by atoms with Crippen LogP contribution in [0.5, 0.6) is 0 Å². The van der Waals surface area contributed by atoms with Crippen molar-refractivity contribution in [3.05, 3.63) is 23.7 Å². The Balaban J connectivity index is 1.41. The van der Waals surface area contributed by atoms with Gasteiger partial charge >= 0.3 is 0 Å². The SMILES string of the molecule is NC(=O)c1ccc(C(=O)NCC2(O)CN(CC3CCOCC3)C2)o1. The summed E-state index contributed by atoms with van der Waals surface area (Å²) in [5.74, 6) is -0.640. The van der Waals surface area contributed by atoms with Gasteiger partial charge in [0.25, 0.3) is 11.8 Å². The van der Waals surface area contributed by atoms with Crippen LogP contribution in [0.15, 0.2) is 16.5 Å². The highest BCUT2D eigenvalue weighted by Gasteiger charge is 2.42. The lowest BCUT2D eigenvalue weighted by Gasteiger charge is -2.48. The van der Waals surface area contributed by atoms with Crippen LogP contribution in [0.1, 0.15) is 34.0 Å². The highest BCUT2D eigenvalue weighted by Crippen LogP contribution is 2.24. The van der Waals surface area contributed by atoms with Crippen LogP contribution in [0.2, 0.25) is 0 Å². The van der Waals surface area contributed by atoms with Crippen LogP contribution in [-0.4, -0.2) is 66.8 Å². The number of ether oxygens (including phenoxy) is 1. The maximum atomic E-state index is 12.0. The van der Waals surface area contributed by atoms with Gasteiger partial charge in [-0.25, -0.2) is 0 Å². The number of rotatable bonds is 6. The molecule has 4 N–H and O–H groups in total. The number of primary amides is 1. The Morgan fingerprint density at radius 3 is 2.58 bits per heavy atom. The molecule has 3 heterocycles. The van der Waals surface area contributed by atoms with E-state index in [0.29, 0.717) is 19.0 Å². The minimum absolute atomic E-state index is 0.00536. The van der Waals surface area contributed by atoms with E-state index in [2.05, 4.69) is 10.2 Å². The lowest BCUT2D eigenvalue weighted by atomic mass is 9.90. The van der Waals surface area contributed by atoms with Gasteiger partial charge in [-0.15, -0.1) is 0 Å². The first-order chi connectivity index (χ1) is 11.5. The number of nitrogens with one attached hydrogen (secondary N) is 1. The van der Waals surface area contributed by atoms with E-state index >= 15 is 0 Å². The van der Waals surface area contributed by atoms with Gasteiger partial charge in [0.2, 0.25) is 0 Å². The van der Waals surface area contributed by atoms with Crippen molar-refractivity contribution in [2.24, 2.45) is 11.7 Å². The molecule has 0 radical (unpaired) electrons. The quantitative estimate of drug-likeness (QED) is 0.649. The third kappa shape index (κ3) is 3.95. The van der Waals surface area contributed by atoms with E-state index in [1.54, 1.807) is 0 Å². The van der Waals surface area contributed by atoms with Gasteiger partial charge in [-0.2, -0.15) is 0 Å². The Bertz CT molecular complexity index is 603. The van der Waals surface area contributed by atoms with Crippen molar-refractivity contribution in [1.29, 1.82) is 0 Å². The number of likely N-dealkylation sites (tertiary alicyclic amines) is 1. The molecule has 24 heavy (non-hydrogen) atoms. The zero-order valence-electron chi connectivity index (χ0n) is 13.5. The van der Waals surface area contributed by atoms with Crippen LogP contribution >= 0.6 is 0 Å². The minimum atomic E-state index is -0.917. The molecule has 0 aliphatic carbocycles. The summed E-state index contributed by atoms with van der Waals surface area (Å²) in [5, 5.41) is 13.0. The highest BCUT2D eigenvalue weighted by atomic mass is 16.5. The average molecular weight is 337 g/mol. The Hall–Kier alpha value is -1.90. The van der Waals surface area contributed by atoms with Crippen molar-refractivity contribution in [3.8, 4) is 0 Å². The largest absolute Gasteiger partial charge is 0.446 e. The normalized spacial score (nSPS) is 21.2. The molecule has 1 aromatic rings. The molecule has 2 aliphatic rings. The first-order valence-corrected chi connectivity index (χ1v) is 8.15. The number of nitrogens with zero attached hydrogens (tertiary/aromatic N) is 1. The third-order valence-electron chi connectivity index (χ3n) is 4.54. The van der Waals surface area contributed by atoms with Crippen molar-refractivity contribution < 1.29 is 23.8 Å².